The molecule has 0 fully saturated rings. The van der Waals surface area contributed by atoms with Crippen LogP contribution in [0, 0.1) is 0 Å². The van der Waals surface area contributed by atoms with E-state index in [1.54, 1.807) is 50.5 Å². The maximum Gasteiger partial charge on any atom is 0.339 e. The molecule has 0 radical (unpaired) electrons. The molecule has 7 nitrogen and oxygen atoms in total. The van der Waals surface area contributed by atoms with E-state index < -0.39 is 18.5 Å². The van der Waals surface area contributed by atoms with Crippen molar-refractivity contribution < 1.29 is 19.1 Å². The molecule has 0 aliphatic carbocycles. The van der Waals surface area contributed by atoms with Crippen molar-refractivity contribution >= 4 is 40.9 Å². The summed E-state index contributed by atoms with van der Waals surface area (Å²) in [5.41, 5.74) is 1.96. The molecular weight excluding hydrogens is 390 g/mol. The highest BCUT2D eigenvalue weighted by molar-refractivity contribution is 8.00. The van der Waals surface area contributed by atoms with E-state index in [2.05, 4.69) is 5.32 Å². The van der Waals surface area contributed by atoms with Crippen LogP contribution in [0.5, 0.6) is 0 Å². The second-order valence-electron chi connectivity index (χ2n) is 6.64. The fourth-order valence-electron chi connectivity index (χ4n) is 2.28. The molecule has 0 aliphatic rings. The lowest BCUT2D eigenvalue weighted by atomic mass is 10.2. The van der Waals surface area contributed by atoms with Crippen molar-refractivity contribution in [2.45, 2.75) is 4.90 Å². The Balaban J connectivity index is 1.91. The van der Waals surface area contributed by atoms with E-state index in [0.717, 1.165) is 5.69 Å². The molecule has 0 bridgehead atoms. The van der Waals surface area contributed by atoms with Crippen LogP contribution < -0.4 is 10.2 Å². The van der Waals surface area contributed by atoms with Crippen molar-refractivity contribution in [1.82, 2.24) is 4.90 Å². The maximum absolute atomic E-state index is 12.4. The van der Waals surface area contributed by atoms with Crippen LogP contribution in [-0.4, -0.2) is 63.2 Å². The van der Waals surface area contributed by atoms with Gasteiger partial charge in [-0.1, -0.05) is 12.1 Å². The molecule has 154 valence electrons. The third kappa shape index (κ3) is 6.83. The smallest absolute Gasteiger partial charge is 0.339 e. The van der Waals surface area contributed by atoms with E-state index in [-0.39, 0.29) is 11.7 Å². The van der Waals surface area contributed by atoms with E-state index in [0.29, 0.717) is 16.1 Å². The van der Waals surface area contributed by atoms with E-state index in [1.807, 2.05) is 31.1 Å². The molecule has 2 amide bonds. The van der Waals surface area contributed by atoms with Gasteiger partial charge in [-0.15, -0.1) is 11.8 Å². The van der Waals surface area contributed by atoms with Gasteiger partial charge >= 0.3 is 5.97 Å². The van der Waals surface area contributed by atoms with Crippen molar-refractivity contribution in [3.05, 3.63) is 54.1 Å². The minimum absolute atomic E-state index is 0.0576. The molecule has 0 aromatic heterocycles. The van der Waals surface area contributed by atoms with Crippen LogP contribution >= 0.6 is 11.8 Å². The third-order valence-corrected chi connectivity index (χ3v) is 5.02. The van der Waals surface area contributed by atoms with Crippen LogP contribution in [-0.2, 0) is 14.3 Å². The Morgan fingerprint density at radius 1 is 0.966 bits per heavy atom. The third-order valence-electron chi connectivity index (χ3n) is 3.96. The Bertz CT molecular complexity index is 866. The van der Waals surface area contributed by atoms with Crippen LogP contribution in [0.3, 0.4) is 0 Å². The predicted octanol–water partition coefficient (Wildman–Crippen LogP) is 2.73. The second kappa shape index (κ2) is 10.5. The van der Waals surface area contributed by atoms with Gasteiger partial charge in [0.1, 0.15) is 0 Å². The molecule has 2 aromatic rings. The maximum atomic E-state index is 12.4. The molecule has 0 saturated carbocycles. The first-order chi connectivity index (χ1) is 13.8. The topological polar surface area (TPSA) is 78.9 Å². The summed E-state index contributed by atoms with van der Waals surface area (Å²) in [5.74, 6) is -0.883. The Morgan fingerprint density at radius 3 is 2.24 bits per heavy atom. The Kier molecular flexibility index (Phi) is 8.09. The van der Waals surface area contributed by atoms with Gasteiger partial charge in [-0.3, -0.25) is 9.59 Å². The summed E-state index contributed by atoms with van der Waals surface area (Å²) >= 11 is 1.26. The number of rotatable bonds is 8. The molecule has 2 rings (SSSR count). The van der Waals surface area contributed by atoms with Crippen LogP contribution in [0.1, 0.15) is 10.4 Å². The Morgan fingerprint density at radius 2 is 1.62 bits per heavy atom. The molecule has 1 N–H and O–H groups in total. The van der Waals surface area contributed by atoms with Crippen molar-refractivity contribution in [3.8, 4) is 0 Å². The molecule has 0 aliphatic heterocycles. The zero-order valence-electron chi connectivity index (χ0n) is 17.0. The van der Waals surface area contributed by atoms with Gasteiger partial charge in [0.25, 0.3) is 5.91 Å². The van der Waals surface area contributed by atoms with Gasteiger partial charge in [-0.25, -0.2) is 4.79 Å². The number of carbonyl (C=O) groups is 3. The Hall–Kier alpha value is -3.00. The average Bonchev–Trinajstić information content (AvgIpc) is 2.70. The lowest BCUT2D eigenvalue weighted by molar-refractivity contribution is -0.125. The minimum atomic E-state index is -0.608. The molecule has 0 saturated heterocycles. The van der Waals surface area contributed by atoms with Crippen molar-refractivity contribution in [2.24, 2.45) is 0 Å². The van der Waals surface area contributed by atoms with Crippen molar-refractivity contribution in [2.75, 3.05) is 50.8 Å². The van der Waals surface area contributed by atoms with Crippen LogP contribution in [0.25, 0.3) is 0 Å². The summed E-state index contributed by atoms with van der Waals surface area (Å²) < 4.78 is 5.15. The molecule has 29 heavy (non-hydrogen) atoms. The molecule has 0 heterocycles. The van der Waals surface area contributed by atoms with E-state index >= 15 is 0 Å². The summed E-state index contributed by atoms with van der Waals surface area (Å²) in [6.07, 6.45) is 0. The molecule has 8 heteroatoms. The molecule has 0 atom stereocenters. The van der Waals surface area contributed by atoms with Crippen molar-refractivity contribution in [3.63, 3.8) is 0 Å². The molecule has 0 unspecified atom stereocenters. The zero-order valence-corrected chi connectivity index (χ0v) is 17.8. The van der Waals surface area contributed by atoms with E-state index in [4.69, 9.17) is 4.74 Å². The van der Waals surface area contributed by atoms with Crippen LogP contribution in [0.4, 0.5) is 11.4 Å². The number of esters is 1. The highest BCUT2D eigenvalue weighted by atomic mass is 32.2. The highest BCUT2D eigenvalue weighted by Gasteiger charge is 2.16. The predicted molar refractivity (Wildman–Crippen MR) is 116 cm³/mol. The van der Waals surface area contributed by atoms with Crippen molar-refractivity contribution in [1.29, 1.82) is 0 Å². The van der Waals surface area contributed by atoms with Gasteiger partial charge in [0, 0.05) is 44.5 Å². The number of nitrogens with zero attached hydrogens (tertiary/aromatic N) is 2. The zero-order chi connectivity index (χ0) is 21.4. The number of hydrogen-bond donors (Lipinski definition) is 1. The second-order valence-corrected chi connectivity index (χ2v) is 7.66. The first kappa shape index (κ1) is 22.3. The summed E-state index contributed by atoms with van der Waals surface area (Å²) in [4.78, 5) is 40.3. The standard InChI is InChI=1S/C21H25N3O4S/c1-23(2)16-11-9-15(10-12-16)22-19(25)13-28-21(27)17-7-5-6-8-18(17)29-14-20(26)24(3)4/h5-12H,13-14H2,1-4H3,(H,22,25). The summed E-state index contributed by atoms with van der Waals surface area (Å²) in [5, 5.41) is 2.69. The first-order valence-electron chi connectivity index (χ1n) is 8.94. The quantitative estimate of drug-likeness (QED) is 0.528. The summed E-state index contributed by atoms with van der Waals surface area (Å²) in [6, 6.07) is 14.2. The summed E-state index contributed by atoms with van der Waals surface area (Å²) in [7, 11) is 7.21. The fourth-order valence-corrected chi connectivity index (χ4v) is 3.30. The number of carbonyl (C=O) groups excluding carboxylic acids is 3. The fraction of sp³-hybridized carbons (Fsp3) is 0.286. The summed E-state index contributed by atoms with van der Waals surface area (Å²) in [6.45, 7) is -0.399. The molecule has 0 spiro atoms. The molecule has 2 aromatic carbocycles. The van der Waals surface area contributed by atoms with Crippen LogP contribution in [0.15, 0.2) is 53.4 Å². The lowest BCUT2D eigenvalue weighted by Gasteiger charge is -2.13. The monoisotopic (exact) mass is 415 g/mol. The van der Waals surface area contributed by atoms with Gasteiger partial charge in [0.2, 0.25) is 5.91 Å². The van der Waals surface area contributed by atoms with Gasteiger partial charge in [0.05, 0.1) is 11.3 Å². The van der Waals surface area contributed by atoms with Gasteiger partial charge in [-0.05, 0) is 36.4 Å². The van der Waals surface area contributed by atoms with Gasteiger partial charge in [-0.2, -0.15) is 0 Å². The normalized spacial score (nSPS) is 10.2. The van der Waals surface area contributed by atoms with E-state index in [1.165, 1.54) is 16.7 Å². The highest BCUT2D eigenvalue weighted by Crippen LogP contribution is 2.23. The number of hydrogen-bond acceptors (Lipinski definition) is 6. The number of ether oxygens (including phenoxy) is 1. The number of thioether (sulfide) groups is 1. The minimum Gasteiger partial charge on any atom is -0.452 e. The number of anilines is 2. The lowest BCUT2D eigenvalue weighted by Crippen LogP contribution is -2.23. The van der Waals surface area contributed by atoms with E-state index in [9.17, 15) is 14.4 Å². The van der Waals surface area contributed by atoms with Gasteiger partial charge < -0.3 is 19.9 Å². The SMILES string of the molecule is CN(C)C(=O)CSc1ccccc1C(=O)OCC(=O)Nc1ccc(N(C)C)cc1. The largest absolute Gasteiger partial charge is 0.452 e. The number of amides is 2. The number of benzene rings is 2. The molecular formula is C21H25N3O4S. The van der Waals surface area contributed by atoms with Crippen LogP contribution in [0.2, 0.25) is 0 Å². The first-order valence-corrected chi connectivity index (χ1v) is 9.93. The Labute approximate surface area is 175 Å². The average molecular weight is 416 g/mol. The van der Waals surface area contributed by atoms with Gasteiger partial charge in [0.15, 0.2) is 6.61 Å². The number of nitrogens with one attached hydrogen (secondary N) is 1.